The first-order valence-corrected chi connectivity index (χ1v) is 12.2. The summed E-state index contributed by atoms with van der Waals surface area (Å²) in [5.41, 5.74) is -1.02. The third-order valence-corrected chi connectivity index (χ3v) is 8.12. The summed E-state index contributed by atoms with van der Waals surface area (Å²) in [6, 6.07) is 0.102. The normalized spacial score (nSPS) is 21.3. The van der Waals surface area contributed by atoms with Gasteiger partial charge in [0.1, 0.15) is 4.75 Å². The minimum absolute atomic E-state index is 0.0807. The fourth-order valence-corrected chi connectivity index (χ4v) is 6.65. The van der Waals surface area contributed by atoms with Gasteiger partial charge >= 0.3 is 0 Å². The maximum Gasteiger partial charge on any atom is 0.245 e. The van der Waals surface area contributed by atoms with Gasteiger partial charge < -0.3 is 8.98 Å². The van der Waals surface area contributed by atoms with Gasteiger partial charge in [0.05, 0.1) is 11.5 Å². The van der Waals surface area contributed by atoms with E-state index in [1.165, 1.54) is 0 Å². The summed E-state index contributed by atoms with van der Waals surface area (Å²) < 4.78 is 48.0. The van der Waals surface area contributed by atoms with Crippen molar-refractivity contribution in [3.05, 3.63) is 0 Å². The molecule has 2 atom stereocenters. The van der Waals surface area contributed by atoms with Gasteiger partial charge in [-0.1, -0.05) is 0 Å². The van der Waals surface area contributed by atoms with Crippen LogP contribution in [-0.2, 0) is 15.8 Å². The molecule has 1 N–H and O–H groups in total. The lowest BCUT2D eigenvalue weighted by molar-refractivity contribution is 0.0448. The highest BCUT2D eigenvalue weighted by atomic mass is 32.2. The van der Waals surface area contributed by atoms with Crippen molar-refractivity contribution in [2.45, 2.75) is 89.9 Å². The second-order valence-corrected chi connectivity index (χ2v) is 14.4. The maximum absolute atomic E-state index is 13.5. The molecule has 1 aliphatic rings. The summed E-state index contributed by atoms with van der Waals surface area (Å²) in [6.45, 7) is 13.6. The summed E-state index contributed by atoms with van der Waals surface area (Å²) in [5, 5.41) is 0. The molecule has 0 aliphatic heterocycles. The highest BCUT2D eigenvalue weighted by Gasteiger charge is 2.59. The Morgan fingerprint density at radius 1 is 1.27 bits per heavy atom. The van der Waals surface area contributed by atoms with Gasteiger partial charge in [-0.15, -0.1) is 4.72 Å². The quantitative estimate of drug-likeness (QED) is 0.527. The Hall–Kier alpha value is 0.307. The van der Waals surface area contributed by atoms with Crippen LogP contribution in [0.3, 0.4) is 0 Å². The molecule has 22 heavy (non-hydrogen) atoms. The molecule has 0 aromatic carbocycles. The Morgan fingerprint density at radius 2 is 1.77 bits per heavy atom. The van der Waals surface area contributed by atoms with Gasteiger partial charge in [-0.2, -0.15) is 0 Å². The number of rotatable bonds is 8. The average molecular weight is 356 g/mol. The second-order valence-electron chi connectivity index (χ2n) is 8.22. The van der Waals surface area contributed by atoms with Gasteiger partial charge in [0, 0.05) is 17.5 Å². The van der Waals surface area contributed by atoms with Crippen molar-refractivity contribution in [1.29, 1.82) is 0 Å². The van der Waals surface area contributed by atoms with Crippen molar-refractivity contribution in [2.24, 2.45) is 5.41 Å². The van der Waals surface area contributed by atoms with Gasteiger partial charge in [-0.3, -0.25) is 0 Å². The zero-order valence-electron chi connectivity index (χ0n) is 14.8. The number of alkyl halides is 2. The highest BCUT2D eigenvalue weighted by molar-refractivity contribution is 7.90. The molecule has 0 aromatic rings. The van der Waals surface area contributed by atoms with E-state index in [2.05, 4.69) is 4.72 Å². The third-order valence-electron chi connectivity index (χ3n) is 4.01. The molecular formula is C15H31F2NO2SSi. The van der Waals surface area contributed by atoms with Crippen molar-refractivity contribution in [2.75, 3.05) is 0 Å². The molecule has 1 saturated carbocycles. The third kappa shape index (κ3) is 5.44. The summed E-state index contributed by atoms with van der Waals surface area (Å²) in [7, 11) is -2.10. The van der Waals surface area contributed by atoms with Gasteiger partial charge in [0.2, 0.25) is 6.43 Å². The topological polar surface area (TPSA) is 44.3 Å². The standard InChI is InChI=1S/C15H31F2NO2SSi/c1-11(2)20-22(6,7)10-12(15(8-9-15)13(16)17)18-21(19)14(3,4)5/h11-13,18H,8-10H2,1-7H3/t12?,21-/m0/s1. The van der Waals surface area contributed by atoms with Crippen LogP contribution in [0.25, 0.3) is 0 Å². The molecule has 0 bridgehead atoms. The van der Waals surface area contributed by atoms with Crippen molar-refractivity contribution in [1.82, 2.24) is 4.72 Å². The van der Waals surface area contributed by atoms with E-state index in [4.69, 9.17) is 4.43 Å². The fourth-order valence-electron chi connectivity index (χ4n) is 2.71. The van der Waals surface area contributed by atoms with E-state index in [0.29, 0.717) is 18.9 Å². The molecule has 0 amide bonds. The van der Waals surface area contributed by atoms with Crippen LogP contribution in [0.5, 0.6) is 0 Å². The van der Waals surface area contributed by atoms with Crippen LogP contribution < -0.4 is 4.72 Å². The van der Waals surface area contributed by atoms with E-state index in [9.17, 15) is 13.3 Å². The molecule has 7 heteroatoms. The van der Waals surface area contributed by atoms with Crippen LogP contribution in [0.15, 0.2) is 0 Å². The maximum atomic E-state index is 13.5. The average Bonchev–Trinajstić information content (AvgIpc) is 3.04. The number of hydrogen-bond donors (Lipinski definition) is 1. The zero-order valence-corrected chi connectivity index (χ0v) is 16.7. The number of nitrogens with one attached hydrogen (secondary N) is 1. The van der Waals surface area contributed by atoms with Crippen LogP contribution in [-0.4, -0.2) is 36.2 Å². The van der Waals surface area contributed by atoms with Gasteiger partial charge in [-0.25, -0.2) is 8.78 Å². The molecule has 0 heterocycles. The minimum atomic E-state index is -2.38. The first kappa shape index (κ1) is 20.4. The van der Waals surface area contributed by atoms with Crippen molar-refractivity contribution in [3.8, 4) is 0 Å². The zero-order chi connectivity index (χ0) is 17.3. The predicted octanol–water partition coefficient (Wildman–Crippen LogP) is 4.08. The van der Waals surface area contributed by atoms with E-state index >= 15 is 0 Å². The second kappa shape index (κ2) is 7.05. The molecule has 3 nitrogen and oxygen atoms in total. The summed E-state index contributed by atoms with van der Waals surface area (Å²) >= 11 is -1.35. The van der Waals surface area contributed by atoms with Crippen LogP contribution in [0.2, 0.25) is 19.1 Å². The SMILES string of the molecule is CC(C)O[Si](C)(C)CC(N[S@@+]([O-])C(C)(C)C)C1(C(F)F)CC1. The van der Waals surface area contributed by atoms with Crippen LogP contribution in [0.1, 0.15) is 47.5 Å². The molecule has 0 spiro atoms. The smallest absolute Gasteiger partial charge is 0.245 e. The van der Waals surface area contributed by atoms with E-state index in [1.54, 1.807) is 0 Å². The molecule has 1 unspecified atom stereocenters. The largest absolute Gasteiger partial charge is 0.598 e. The lowest BCUT2D eigenvalue weighted by Crippen LogP contribution is -2.53. The Balaban J connectivity index is 2.89. The molecule has 132 valence electrons. The summed E-state index contributed by atoms with van der Waals surface area (Å²) in [4.78, 5) is 0. The van der Waals surface area contributed by atoms with Crippen molar-refractivity contribution >= 4 is 19.7 Å². The Bertz CT molecular complexity index is 371. The van der Waals surface area contributed by atoms with E-state index < -0.39 is 42.3 Å². The van der Waals surface area contributed by atoms with E-state index in [1.807, 2.05) is 47.7 Å². The first-order chi connectivity index (χ1) is 9.80. The molecular weight excluding hydrogens is 324 g/mol. The Morgan fingerprint density at radius 3 is 2.09 bits per heavy atom. The fraction of sp³-hybridized carbons (Fsp3) is 1.00. The lowest BCUT2D eigenvalue weighted by atomic mass is 9.99. The van der Waals surface area contributed by atoms with Gasteiger partial charge in [-0.05, 0) is 66.6 Å². The molecule has 0 radical (unpaired) electrons. The molecule has 1 aliphatic carbocycles. The molecule has 0 saturated heterocycles. The molecule has 0 aromatic heterocycles. The van der Waals surface area contributed by atoms with Crippen molar-refractivity contribution < 1.29 is 17.8 Å². The van der Waals surface area contributed by atoms with Crippen LogP contribution >= 0.6 is 0 Å². The molecule has 1 rings (SSSR count). The van der Waals surface area contributed by atoms with Crippen LogP contribution in [0, 0.1) is 5.41 Å². The number of hydrogen-bond acceptors (Lipinski definition) is 3. The van der Waals surface area contributed by atoms with Gasteiger partial charge in [0.15, 0.2) is 8.32 Å². The molecule has 1 fully saturated rings. The minimum Gasteiger partial charge on any atom is -0.598 e. The number of halogens is 2. The van der Waals surface area contributed by atoms with E-state index in [-0.39, 0.29) is 6.10 Å². The lowest BCUT2D eigenvalue weighted by Gasteiger charge is -2.36. The van der Waals surface area contributed by atoms with E-state index in [0.717, 1.165) is 0 Å². The summed E-state index contributed by atoms with van der Waals surface area (Å²) in [6.07, 6.45) is -1.31. The predicted molar refractivity (Wildman–Crippen MR) is 91.0 cm³/mol. The Kier molecular flexibility index (Phi) is 6.52. The van der Waals surface area contributed by atoms with Crippen LogP contribution in [0.4, 0.5) is 8.78 Å². The van der Waals surface area contributed by atoms with Crippen molar-refractivity contribution in [3.63, 3.8) is 0 Å². The van der Waals surface area contributed by atoms with Gasteiger partial charge in [0.25, 0.3) is 0 Å². The summed E-state index contributed by atoms with van der Waals surface area (Å²) in [5.74, 6) is 0. The Labute approximate surface area is 138 Å². The monoisotopic (exact) mass is 355 g/mol. The highest BCUT2D eigenvalue weighted by Crippen LogP contribution is 2.55. The first-order valence-electron chi connectivity index (χ1n) is 7.94.